The molecular formula is C20H24BrN5O2. The number of piperazine rings is 1. The fraction of sp³-hybridized carbons (Fsp3) is 0.450. The molecule has 0 radical (unpaired) electrons. The number of aromatic nitrogens is 2. The molecule has 4 rings (SSSR count). The third-order valence-electron chi connectivity index (χ3n) is 5.36. The largest absolute Gasteiger partial charge is 0.497 e. The first-order chi connectivity index (χ1) is 13.7. The molecule has 1 aromatic carbocycles. The predicted octanol–water partition coefficient (Wildman–Crippen LogP) is 2.81. The van der Waals surface area contributed by atoms with Gasteiger partial charge >= 0.3 is 0 Å². The molecule has 0 saturated carbocycles. The van der Waals surface area contributed by atoms with E-state index < -0.39 is 0 Å². The van der Waals surface area contributed by atoms with Gasteiger partial charge in [0.25, 0.3) is 5.91 Å². The molecule has 0 atom stereocenters. The molecule has 28 heavy (non-hydrogen) atoms. The molecule has 1 aromatic heterocycles. The van der Waals surface area contributed by atoms with Gasteiger partial charge in [0.2, 0.25) is 0 Å². The monoisotopic (exact) mass is 445 g/mol. The lowest BCUT2D eigenvalue weighted by Crippen LogP contribution is -2.49. The van der Waals surface area contributed by atoms with E-state index in [1.807, 2.05) is 23.1 Å². The van der Waals surface area contributed by atoms with Gasteiger partial charge in [-0.15, -0.1) is 10.2 Å². The fourth-order valence-corrected chi connectivity index (χ4v) is 4.12. The summed E-state index contributed by atoms with van der Waals surface area (Å²) in [6, 6.07) is 9.56. The van der Waals surface area contributed by atoms with Gasteiger partial charge in [-0.1, -0.05) is 0 Å². The van der Waals surface area contributed by atoms with E-state index in [2.05, 4.69) is 42.0 Å². The maximum absolute atomic E-state index is 12.9. The Morgan fingerprint density at radius 3 is 2.11 bits per heavy atom. The van der Waals surface area contributed by atoms with E-state index >= 15 is 0 Å². The van der Waals surface area contributed by atoms with Crippen LogP contribution in [0.1, 0.15) is 23.2 Å². The summed E-state index contributed by atoms with van der Waals surface area (Å²) in [7, 11) is 1.60. The van der Waals surface area contributed by atoms with E-state index in [0.29, 0.717) is 24.4 Å². The number of carbonyl (C=O) groups excluding carboxylic acids is 1. The van der Waals surface area contributed by atoms with Gasteiger partial charge in [-0.05, 0) is 59.1 Å². The molecule has 2 aliphatic heterocycles. The molecule has 0 spiro atoms. The molecule has 0 aliphatic carbocycles. The summed E-state index contributed by atoms with van der Waals surface area (Å²) in [5.41, 5.74) is 0.627. The van der Waals surface area contributed by atoms with Crippen LogP contribution in [0.4, 0.5) is 11.6 Å². The third kappa shape index (κ3) is 3.92. The Morgan fingerprint density at radius 1 is 0.929 bits per heavy atom. The minimum absolute atomic E-state index is 0.0147. The Kier molecular flexibility index (Phi) is 5.66. The van der Waals surface area contributed by atoms with E-state index in [1.165, 1.54) is 12.8 Å². The average Bonchev–Trinajstić information content (AvgIpc) is 3.29. The zero-order valence-electron chi connectivity index (χ0n) is 16.0. The standard InChI is InChI=1S/C20H24BrN5O2/c1-28-15-4-5-17(21)16(14-15)20(27)26-12-10-25(11-13-26)19-7-6-18(22-23-19)24-8-2-3-9-24/h4-7,14H,2-3,8-13H2,1H3. The van der Waals surface area contributed by atoms with E-state index in [0.717, 1.165) is 42.3 Å². The second kappa shape index (κ2) is 8.34. The van der Waals surface area contributed by atoms with Crippen molar-refractivity contribution in [3.8, 4) is 5.75 Å². The zero-order chi connectivity index (χ0) is 19.5. The van der Waals surface area contributed by atoms with Crippen LogP contribution in [0.3, 0.4) is 0 Å². The molecule has 148 valence electrons. The molecule has 2 aliphatic rings. The number of nitrogens with zero attached hydrogens (tertiary/aromatic N) is 5. The van der Waals surface area contributed by atoms with Crippen LogP contribution in [0, 0.1) is 0 Å². The van der Waals surface area contributed by atoms with Crippen molar-refractivity contribution in [3.05, 3.63) is 40.4 Å². The highest BCUT2D eigenvalue weighted by Gasteiger charge is 2.25. The number of amides is 1. The maximum atomic E-state index is 12.9. The average molecular weight is 446 g/mol. The highest BCUT2D eigenvalue weighted by molar-refractivity contribution is 9.10. The summed E-state index contributed by atoms with van der Waals surface area (Å²) < 4.78 is 6.03. The van der Waals surface area contributed by atoms with Crippen LogP contribution in [0.15, 0.2) is 34.8 Å². The minimum atomic E-state index is 0.0147. The van der Waals surface area contributed by atoms with Gasteiger partial charge in [0.1, 0.15) is 5.75 Å². The Balaban J connectivity index is 1.38. The summed E-state index contributed by atoms with van der Waals surface area (Å²) in [5.74, 6) is 2.52. The highest BCUT2D eigenvalue weighted by Crippen LogP contribution is 2.25. The molecule has 8 heteroatoms. The fourth-order valence-electron chi connectivity index (χ4n) is 3.71. The molecule has 2 saturated heterocycles. The topological polar surface area (TPSA) is 61.8 Å². The summed E-state index contributed by atoms with van der Waals surface area (Å²) >= 11 is 3.47. The second-order valence-electron chi connectivity index (χ2n) is 7.07. The van der Waals surface area contributed by atoms with Crippen LogP contribution in [-0.4, -0.2) is 67.4 Å². The van der Waals surface area contributed by atoms with Gasteiger partial charge in [0.05, 0.1) is 12.7 Å². The van der Waals surface area contributed by atoms with Crippen molar-refractivity contribution >= 4 is 33.5 Å². The van der Waals surface area contributed by atoms with Crippen LogP contribution in [0.5, 0.6) is 5.75 Å². The van der Waals surface area contributed by atoms with Crippen molar-refractivity contribution < 1.29 is 9.53 Å². The van der Waals surface area contributed by atoms with Crippen molar-refractivity contribution in [2.45, 2.75) is 12.8 Å². The third-order valence-corrected chi connectivity index (χ3v) is 6.05. The van der Waals surface area contributed by atoms with Crippen molar-refractivity contribution in [3.63, 3.8) is 0 Å². The molecule has 0 N–H and O–H groups in total. The lowest BCUT2D eigenvalue weighted by Gasteiger charge is -2.35. The van der Waals surface area contributed by atoms with Crippen molar-refractivity contribution in [2.75, 3.05) is 56.2 Å². The highest BCUT2D eigenvalue weighted by atomic mass is 79.9. The quantitative estimate of drug-likeness (QED) is 0.720. The predicted molar refractivity (Wildman–Crippen MR) is 112 cm³/mol. The normalized spacial score (nSPS) is 17.1. The number of halogens is 1. The summed E-state index contributed by atoms with van der Waals surface area (Å²) in [6.45, 7) is 4.91. The van der Waals surface area contributed by atoms with Gasteiger partial charge in [-0.2, -0.15) is 0 Å². The number of rotatable bonds is 4. The van der Waals surface area contributed by atoms with Crippen LogP contribution in [0.25, 0.3) is 0 Å². The van der Waals surface area contributed by atoms with Gasteiger partial charge < -0.3 is 19.4 Å². The summed E-state index contributed by atoms with van der Waals surface area (Å²) in [4.78, 5) is 19.3. The zero-order valence-corrected chi connectivity index (χ0v) is 17.6. The first kappa shape index (κ1) is 19.0. The van der Waals surface area contributed by atoms with E-state index in [4.69, 9.17) is 4.74 Å². The number of methoxy groups -OCH3 is 1. The van der Waals surface area contributed by atoms with Crippen molar-refractivity contribution in [2.24, 2.45) is 0 Å². The molecule has 3 heterocycles. The Morgan fingerprint density at radius 2 is 1.54 bits per heavy atom. The first-order valence-corrected chi connectivity index (χ1v) is 10.4. The molecule has 0 unspecified atom stereocenters. The number of carbonyl (C=O) groups is 1. The van der Waals surface area contributed by atoms with Gasteiger partial charge in [0, 0.05) is 43.7 Å². The number of anilines is 2. The van der Waals surface area contributed by atoms with E-state index in [9.17, 15) is 4.79 Å². The Hall–Kier alpha value is -2.35. The Labute approximate surface area is 173 Å². The number of hydrogen-bond acceptors (Lipinski definition) is 6. The number of benzene rings is 1. The summed E-state index contributed by atoms with van der Waals surface area (Å²) in [6.07, 6.45) is 2.45. The smallest absolute Gasteiger partial charge is 0.255 e. The molecule has 2 aromatic rings. The maximum Gasteiger partial charge on any atom is 0.255 e. The molecule has 1 amide bonds. The van der Waals surface area contributed by atoms with Crippen molar-refractivity contribution in [1.82, 2.24) is 15.1 Å². The number of hydrogen-bond donors (Lipinski definition) is 0. The molecule has 0 bridgehead atoms. The van der Waals surface area contributed by atoms with Gasteiger partial charge in [0.15, 0.2) is 11.6 Å². The molecule has 7 nitrogen and oxygen atoms in total. The van der Waals surface area contributed by atoms with Gasteiger partial charge in [-0.3, -0.25) is 4.79 Å². The SMILES string of the molecule is COc1ccc(Br)c(C(=O)N2CCN(c3ccc(N4CCCC4)nn3)CC2)c1. The number of ether oxygens (including phenoxy) is 1. The van der Waals surface area contributed by atoms with E-state index in [1.54, 1.807) is 13.2 Å². The lowest BCUT2D eigenvalue weighted by atomic mass is 10.1. The molecular weight excluding hydrogens is 422 g/mol. The molecule has 2 fully saturated rings. The lowest BCUT2D eigenvalue weighted by molar-refractivity contribution is 0.0745. The summed E-state index contributed by atoms with van der Waals surface area (Å²) in [5, 5.41) is 8.82. The Bertz CT molecular complexity index is 831. The van der Waals surface area contributed by atoms with E-state index in [-0.39, 0.29) is 5.91 Å². The van der Waals surface area contributed by atoms with Gasteiger partial charge in [-0.25, -0.2) is 0 Å². The van der Waals surface area contributed by atoms with Crippen molar-refractivity contribution in [1.29, 1.82) is 0 Å². The first-order valence-electron chi connectivity index (χ1n) is 9.62. The van der Waals surface area contributed by atoms with Crippen LogP contribution in [0.2, 0.25) is 0 Å². The van der Waals surface area contributed by atoms with Crippen LogP contribution >= 0.6 is 15.9 Å². The van der Waals surface area contributed by atoms with Crippen LogP contribution in [-0.2, 0) is 0 Å². The minimum Gasteiger partial charge on any atom is -0.497 e. The van der Waals surface area contributed by atoms with Crippen LogP contribution < -0.4 is 14.5 Å². The second-order valence-corrected chi connectivity index (χ2v) is 7.92.